The first-order valence-electron chi connectivity index (χ1n) is 11.7. The Balaban J connectivity index is 1.27. The Hall–Kier alpha value is -3.35. The van der Waals surface area contributed by atoms with E-state index in [-0.39, 0.29) is 36.7 Å². The maximum Gasteiger partial charge on any atom is 0.260 e. The van der Waals surface area contributed by atoms with Crippen LogP contribution in [0, 0.1) is 5.92 Å². The van der Waals surface area contributed by atoms with Crippen LogP contribution in [0.2, 0.25) is 0 Å². The number of amides is 3. The Morgan fingerprint density at radius 2 is 1.67 bits per heavy atom. The third kappa shape index (κ3) is 5.72. The fourth-order valence-electron chi connectivity index (χ4n) is 4.28. The molecule has 2 aromatic rings. The smallest absolute Gasteiger partial charge is 0.260 e. The van der Waals surface area contributed by atoms with Gasteiger partial charge in [0.05, 0.1) is 5.92 Å². The molecule has 0 spiro atoms. The first-order chi connectivity index (χ1) is 16.0. The van der Waals surface area contributed by atoms with E-state index in [2.05, 4.69) is 24.4 Å². The van der Waals surface area contributed by atoms with Crippen LogP contribution >= 0.6 is 0 Å². The van der Waals surface area contributed by atoms with Gasteiger partial charge in [-0.05, 0) is 54.7 Å². The number of anilines is 1. The van der Waals surface area contributed by atoms with E-state index in [0.29, 0.717) is 18.8 Å². The van der Waals surface area contributed by atoms with Gasteiger partial charge >= 0.3 is 0 Å². The van der Waals surface area contributed by atoms with Gasteiger partial charge in [0.25, 0.3) is 5.91 Å². The van der Waals surface area contributed by atoms with Gasteiger partial charge in [-0.15, -0.1) is 0 Å². The summed E-state index contributed by atoms with van der Waals surface area (Å²) in [6.07, 6.45) is 3.28. The highest BCUT2D eigenvalue weighted by molar-refractivity contribution is 6.00. The van der Waals surface area contributed by atoms with Crippen LogP contribution in [0.4, 0.5) is 5.69 Å². The summed E-state index contributed by atoms with van der Waals surface area (Å²) in [6.45, 7) is 4.54. The Labute approximate surface area is 194 Å². The minimum absolute atomic E-state index is 0.00135. The molecule has 0 bridgehead atoms. The molecule has 7 nitrogen and oxygen atoms in total. The number of hydrogen-bond donors (Lipinski definition) is 1. The normalized spacial score (nSPS) is 18.0. The van der Waals surface area contributed by atoms with Gasteiger partial charge in [0.2, 0.25) is 11.8 Å². The van der Waals surface area contributed by atoms with Crippen molar-refractivity contribution in [3.8, 4) is 5.75 Å². The number of carbonyl (C=O) groups is 3. The number of aryl methyl sites for hydroxylation is 1. The molecule has 0 aromatic heterocycles. The summed E-state index contributed by atoms with van der Waals surface area (Å²) in [7, 11) is 0. The molecule has 7 heteroatoms. The van der Waals surface area contributed by atoms with E-state index < -0.39 is 0 Å². The lowest BCUT2D eigenvalue weighted by Gasteiger charge is -2.18. The number of hydrogen-bond acceptors (Lipinski definition) is 4. The molecule has 2 aromatic carbocycles. The van der Waals surface area contributed by atoms with Gasteiger partial charge in [0, 0.05) is 38.3 Å². The largest absolute Gasteiger partial charge is 0.484 e. The fourth-order valence-corrected chi connectivity index (χ4v) is 4.28. The number of nitrogens with one attached hydrogen (secondary N) is 1. The van der Waals surface area contributed by atoms with E-state index in [0.717, 1.165) is 43.6 Å². The molecule has 174 valence electrons. The van der Waals surface area contributed by atoms with Gasteiger partial charge in [0.15, 0.2) is 6.61 Å². The maximum atomic E-state index is 12.6. The minimum atomic E-state index is -0.374. The highest BCUT2D eigenvalue weighted by Gasteiger charge is 2.35. The van der Waals surface area contributed by atoms with Crippen molar-refractivity contribution >= 4 is 23.4 Å². The number of ether oxygens (including phenoxy) is 1. The molecule has 2 heterocycles. The van der Waals surface area contributed by atoms with Crippen molar-refractivity contribution in [1.82, 2.24) is 10.2 Å². The van der Waals surface area contributed by atoms with Crippen LogP contribution in [0.15, 0.2) is 48.5 Å². The molecule has 2 saturated heterocycles. The molecular formula is C26H31N3O4. The van der Waals surface area contributed by atoms with Crippen molar-refractivity contribution in [3.63, 3.8) is 0 Å². The van der Waals surface area contributed by atoms with Gasteiger partial charge < -0.3 is 19.9 Å². The predicted molar refractivity (Wildman–Crippen MR) is 126 cm³/mol. The standard InChI is InChI=1S/C26H31N3O4/c1-2-19-5-7-20(8-6-19)16-27-26(32)21-15-24(30)29(17-21)22-9-11-23(12-10-22)33-18-25(31)28-13-3-4-14-28/h5-12,21H,2-4,13-18H2,1H3,(H,27,32)/t21-/m1/s1. The van der Waals surface area contributed by atoms with E-state index in [4.69, 9.17) is 4.74 Å². The third-order valence-corrected chi connectivity index (χ3v) is 6.36. The Bertz CT molecular complexity index is 982. The highest BCUT2D eigenvalue weighted by atomic mass is 16.5. The molecule has 4 rings (SSSR count). The van der Waals surface area contributed by atoms with Crippen LogP contribution in [0.5, 0.6) is 5.75 Å². The summed E-state index contributed by atoms with van der Waals surface area (Å²) in [5.74, 6) is 0.0373. The molecule has 0 radical (unpaired) electrons. The van der Waals surface area contributed by atoms with E-state index in [1.54, 1.807) is 29.2 Å². The van der Waals surface area contributed by atoms with Crippen molar-refractivity contribution in [2.24, 2.45) is 5.92 Å². The second-order valence-electron chi connectivity index (χ2n) is 8.66. The molecule has 0 aliphatic carbocycles. The molecule has 33 heavy (non-hydrogen) atoms. The predicted octanol–water partition coefficient (Wildman–Crippen LogP) is 2.92. The number of carbonyl (C=O) groups excluding carboxylic acids is 3. The molecule has 2 fully saturated rings. The zero-order valence-corrected chi connectivity index (χ0v) is 19.1. The van der Waals surface area contributed by atoms with Crippen LogP contribution in [-0.4, -0.2) is 48.9 Å². The summed E-state index contributed by atoms with van der Waals surface area (Å²) in [6, 6.07) is 15.3. The van der Waals surface area contributed by atoms with E-state index >= 15 is 0 Å². The first kappa shape index (κ1) is 22.8. The van der Waals surface area contributed by atoms with Gasteiger partial charge in [-0.1, -0.05) is 31.2 Å². The molecule has 0 saturated carbocycles. The summed E-state index contributed by atoms with van der Waals surface area (Å²) in [4.78, 5) is 40.8. The Kier molecular flexibility index (Phi) is 7.27. The Morgan fingerprint density at radius 1 is 1.00 bits per heavy atom. The van der Waals surface area contributed by atoms with Gasteiger partial charge in [-0.2, -0.15) is 0 Å². The zero-order chi connectivity index (χ0) is 23.2. The average Bonchev–Trinajstić information content (AvgIpc) is 3.52. The minimum Gasteiger partial charge on any atom is -0.484 e. The maximum absolute atomic E-state index is 12.6. The SMILES string of the molecule is CCc1ccc(CNC(=O)[C@@H]2CC(=O)N(c3ccc(OCC(=O)N4CCCC4)cc3)C2)cc1. The lowest BCUT2D eigenvalue weighted by molar-refractivity contribution is -0.132. The summed E-state index contributed by atoms with van der Waals surface area (Å²) in [5, 5.41) is 2.96. The van der Waals surface area contributed by atoms with Crippen LogP contribution in [0.3, 0.4) is 0 Å². The molecule has 0 unspecified atom stereocenters. The highest BCUT2D eigenvalue weighted by Crippen LogP contribution is 2.27. The molecule has 2 aliphatic heterocycles. The second kappa shape index (κ2) is 10.5. The monoisotopic (exact) mass is 449 g/mol. The molecule has 3 amide bonds. The quantitative estimate of drug-likeness (QED) is 0.672. The van der Waals surface area contributed by atoms with Crippen molar-refractivity contribution in [3.05, 3.63) is 59.7 Å². The number of likely N-dealkylation sites (tertiary alicyclic amines) is 1. The van der Waals surface area contributed by atoms with Crippen LogP contribution in [-0.2, 0) is 27.3 Å². The van der Waals surface area contributed by atoms with Crippen LogP contribution in [0.1, 0.15) is 37.3 Å². The summed E-state index contributed by atoms with van der Waals surface area (Å²) in [5.41, 5.74) is 3.03. The molecule has 2 aliphatic rings. The van der Waals surface area contributed by atoms with Crippen LogP contribution < -0.4 is 15.0 Å². The summed E-state index contributed by atoms with van der Waals surface area (Å²) < 4.78 is 5.61. The van der Waals surface area contributed by atoms with Crippen molar-refractivity contribution < 1.29 is 19.1 Å². The fraction of sp³-hybridized carbons (Fsp3) is 0.423. The number of nitrogens with zero attached hydrogens (tertiary/aromatic N) is 2. The second-order valence-corrected chi connectivity index (χ2v) is 8.66. The lowest BCUT2D eigenvalue weighted by Crippen LogP contribution is -2.32. The lowest BCUT2D eigenvalue weighted by atomic mass is 10.1. The molecule has 1 atom stereocenters. The van der Waals surface area contributed by atoms with Crippen molar-refractivity contribution in [1.29, 1.82) is 0 Å². The number of rotatable bonds is 8. The zero-order valence-electron chi connectivity index (χ0n) is 19.1. The van der Waals surface area contributed by atoms with E-state index in [1.165, 1.54) is 5.56 Å². The van der Waals surface area contributed by atoms with Gasteiger partial charge in [-0.3, -0.25) is 14.4 Å². The van der Waals surface area contributed by atoms with E-state index in [9.17, 15) is 14.4 Å². The summed E-state index contributed by atoms with van der Waals surface area (Å²) >= 11 is 0. The topological polar surface area (TPSA) is 79.0 Å². The van der Waals surface area contributed by atoms with E-state index in [1.807, 2.05) is 17.0 Å². The molecular weight excluding hydrogens is 418 g/mol. The van der Waals surface area contributed by atoms with Gasteiger partial charge in [0.1, 0.15) is 5.75 Å². The van der Waals surface area contributed by atoms with Crippen molar-refractivity contribution in [2.45, 2.75) is 39.2 Å². The van der Waals surface area contributed by atoms with Crippen LogP contribution in [0.25, 0.3) is 0 Å². The molecule has 1 N–H and O–H groups in total. The third-order valence-electron chi connectivity index (χ3n) is 6.36. The van der Waals surface area contributed by atoms with Crippen molar-refractivity contribution in [2.75, 3.05) is 31.1 Å². The Morgan fingerprint density at radius 3 is 2.33 bits per heavy atom. The first-order valence-corrected chi connectivity index (χ1v) is 11.7. The number of benzene rings is 2. The van der Waals surface area contributed by atoms with Gasteiger partial charge in [-0.25, -0.2) is 0 Å². The average molecular weight is 450 g/mol.